The summed E-state index contributed by atoms with van der Waals surface area (Å²) in [4.78, 5) is 16.8. The highest BCUT2D eigenvalue weighted by atomic mass is 32.1. The predicted octanol–water partition coefficient (Wildman–Crippen LogP) is 4.07. The highest BCUT2D eigenvalue weighted by Gasteiger charge is 2.41. The third-order valence-electron chi connectivity index (χ3n) is 4.16. The number of carbonyl (C=O) groups excluding carboxylic acids is 1. The van der Waals surface area contributed by atoms with Crippen molar-refractivity contribution in [3.63, 3.8) is 0 Å². The summed E-state index contributed by atoms with van der Waals surface area (Å²) in [7, 11) is 1.35. The van der Waals surface area contributed by atoms with Crippen molar-refractivity contribution in [1.29, 1.82) is 0 Å². The Balaban J connectivity index is 1.62. The lowest BCUT2D eigenvalue weighted by atomic mass is 10.2. The van der Waals surface area contributed by atoms with E-state index in [4.69, 9.17) is 4.74 Å². The Labute approximate surface area is 177 Å². The first-order chi connectivity index (χ1) is 14.9. The molecule has 8 nitrogen and oxygen atoms in total. The number of ether oxygens (including phenoxy) is 1. The fraction of sp³-hybridized carbons (Fsp3) is 0.105. The summed E-state index contributed by atoms with van der Waals surface area (Å²) in [5, 5.41) is 16.1. The molecule has 0 saturated heterocycles. The van der Waals surface area contributed by atoms with Gasteiger partial charge in [-0.15, -0.1) is 21.5 Å². The van der Waals surface area contributed by atoms with Gasteiger partial charge in [0.25, 0.3) is 5.91 Å². The number of benzene rings is 1. The summed E-state index contributed by atoms with van der Waals surface area (Å²) in [6.07, 6.45) is -2.35. The second-order valence-corrected chi connectivity index (χ2v) is 7.01. The molecule has 4 rings (SSSR count). The van der Waals surface area contributed by atoms with Crippen LogP contribution in [0.4, 0.5) is 18.9 Å². The van der Waals surface area contributed by atoms with E-state index in [9.17, 15) is 18.0 Å². The van der Waals surface area contributed by atoms with Gasteiger partial charge in [0.2, 0.25) is 5.88 Å². The van der Waals surface area contributed by atoms with Crippen LogP contribution in [0.25, 0.3) is 16.4 Å². The number of alkyl halides is 3. The molecule has 0 fully saturated rings. The average Bonchev–Trinajstić information content (AvgIpc) is 3.44. The van der Waals surface area contributed by atoms with Crippen LogP contribution in [0.3, 0.4) is 0 Å². The Bertz CT molecular complexity index is 1190. The van der Waals surface area contributed by atoms with E-state index in [2.05, 4.69) is 25.6 Å². The molecule has 0 spiro atoms. The number of anilines is 1. The quantitative estimate of drug-likeness (QED) is 0.497. The van der Waals surface area contributed by atoms with Crippen molar-refractivity contribution in [2.45, 2.75) is 6.18 Å². The molecule has 1 aromatic carbocycles. The maximum absolute atomic E-state index is 13.8. The lowest BCUT2D eigenvalue weighted by Crippen LogP contribution is -2.21. The number of hydrogen-bond donors (Lipinski definition) is 1. The van der Waals surface area contributed by atoms with Gasteiger partial charge in [-0.3, -0.25) is 4.79 Å². The van der Waals surface area contributed by atoms with Gasteiger partial charge in [-0.1, -0.05) is 0 Å². The molecular weight excluding hydrogens is 433 g/mol. The van der Waals surface area contributed by atoms with Crippen molar-refractivity contribution in [2.24, 2.45) is 0 Å². The minimum absolute atomic E-state index is 0.128. The van der Waals surface area contributed by atoms with Crippen molar-refractivity contribution in [3.8, 4) is 22.3 Å². The van der Waals surface area contributed by atoms with Crippen LogP contribution in [0, 0.1) is 0 Å². The number of methoxy groups -OCH3 is 1. The topological polar surface area (TPSA) is 94.8 Å². The third kappa shape index (κ3) is 4.23. The van der Waals surface area contributed by atoms with Gasteiger partial charge in [0, 0.05) is 28.9 Å². The molecule has 31 heavy (non-hydrogen) atoms. The SMILES string of the molecule is COc1ccc(-n2ncc(C(=O)Nc3ccc(-c4nccs4)cc3)c2C(F)(F)F)nn1. The van der Waals surface area contributed by atoms with Crippen molar-refractivity contribution in [3.05, 3.63) is 65.4 Å². The minimum Gasteiger partial charge on any atom is -0.480 e. The third-order valence-corrected chi connectivity index (χ3v) is 4.98. The first-order valence-corrected chi connectivity index (χ1v) is 9.59. The lowest BCUT2D eigenvalue weighted by Gasteiger charge is -2.12. The molecule has 3 aromatic heterocycles. The number of nitrogens with zero attached hydrogens (tertiary/aromatic N) is 5. The zero-order valence-electron chi connectivity index (χ0n) is 15.8. The van der Waals surface area contributed by atoms with E-state index in [0.29, 0.717) is 10.4 Å². The van der Waals surface area contributed by atoms with Crippen molar-refractivity contribution in [1.82, 2.24) is 25.0 Å². The van der Waals surface area contributed by atoms with E-state index >= 15 is 0 Å². The predicted molar refractivity (Wildman–Crippen MR) is 106 cm³/mol. The zero-order valence-corrected chi connectivity index (χ0v) is 16.6. The van der Waals surface area contributed by atoms with Crippen LogP contribution in [0.2, 0.25) is 0 Å². The molecule has 0 aliphatic rings. The standard InChI is InChI=1S/C19H13F3N6O2S/c1-30-15-7-6-14(26-27-15)28-16(19(20,21)22)13(10-24-28)17(29)25-12-4-2-11(3-5-12)18-23-8-9-31-18/h2-10H,1H3,(H,25,29). The van der Waals surface area contributed by atoms with E-state index in [1.54, 1.807) is 30.5 Å². The monoisotopic (exact) mass is 446 g/mol. The Morgan fingerprint density at radius 1 is 1.13 bits per heavy atom. The Hall–Kier alpha value is -3.80. The van der Waals surface area contributed by atoms with Gasteiger partial charge in [0.05, 0.1) is 18.9 Å². The highest BCUT2D eigenvalue weighted by Crippen LogP contribution is 2.34. The number of thiazole rings is 1. The number of carbonyl (C=O) groups is 1. The summed E-state index contributed by atoms with van der Waals surface area (Å²) in [6, 6.07) is 9.20. The second kappa shape index (κ2) is 8.14. The molecule has 0 radical (unpaired) electrons. The summed E-state index contributed by atoms with van der Waals surface area (Å²) in [6.45, 7) is 0. The van der Waals surface area contributed by atoms with Crippen LogP contribution in [0.5, 0.6) is 5.88 Å². The van der Waals surface area contributed by atoms with E-state index in [1.807, 2.05) is 5.38 Å². The Morgan fingerprint density at radius 3 is 2.48 bits per heavy atom. The van der Waals surface area contributed by atoms with E-state index < -0.39 is 23.3 Å². The van der Waals surface area contributed by atoms with Crippen LogP contribution in [-0.4, -0.2) is 38.0 Å². The molecule has 12 heteroatoms. The van der Waals surface area contributed by atoms with Crippen LogP contribution in [0.15, 0.2) is 54.2 Å². The minimum atomic E-state index is -4.86. The molecule has 3 heterocycles. The molecule has 1 N–H and O–H groups in total. The number of rotatable bonds is 5. The van der Waals surface area contributed by atoms with Crippen LogP contribution in [-0.2, 0) is 6.18 Å². The summed E-state index contributed by atoms with van der Waals surface area (Å²) < 4.78 is 46.7. The summed E-state index contributed by atoms with van der Waals surface area (Å²) in [5.74, 6) is -1.04. The summed E-state index contributed by atoms with van der Waals surface area (Å²) >= 11 is 1.45. The van der Waals surface area contributed by atoms with Gasteiger partial charge < -0.3 is 10.1 Å². The molecule has 0 aliphatic carbocycles. The van der Waals surface area contributed by atoms with Gasteiger partial charge in [0.15, 0.2) is 11.5 Å². The molecule has 1 amide bonds. The molecule has 158 valence electrons. The molecule has 0 bridgehead atoms. The Kier molecular flexibility index (Phi) is 5.38. The van der Waals surface area contributed by atoms with E-state index in [0.717, 1.165) is 16.8 Å². The molecule has 0 saturated carbocycles. The van der Waals surface area contributed by atoms with Gasteiger partial charge >= 0.3 is 6.18 Å². The van der Waals surface area contributed by atoms with Crippen LogP contribution in [0.1, 0.15) is 16.1 Å². The number of nitrogens with one attached hydrogen (secondary N) is 1. The fourth-order valence-electron chi connectivity index (χ4n) is 2.76. The van der Waals surface area contributed by atoms with Crippen LogP contribution >= 0.6 is 11.3 Å². The smallest absolute Gasteiger partial charge is 0.434 e. The average molecular weight is 446 g/mol. The van der Waals surface area contributed by atoms with Crippen molar-refractivity contribution in [2.75, 3.05) is 12.4 Å². The number of hydrogen-bond acceptors (Lipinski definition) is 7. The number of halogens is 3. The maximum Gasteiger partial charge on any atom is 0.434 e. The van der Waals surface area contributed by atoms with E-state index in [1.165, 1.54) is 30.6 Å². The second-order valence-electron chi connectivity index (χ2n) is 6.12. The van der Waals surface area contributed by atoms with Crippen molar-refractivity contribution >= 4 is 22.9 Å². The Morgan fingerprint density at radius 2 is 1.90 bits per heavy atom. The lowest BCUT2D eigenvalue weighted by molar-refractivity contribution is -0.143. The first-order valence-electron chi connectivity index (χ1n) is 8.71. The van der Waals surface area contributed by atoms with Gasteiger partial charge in [-0.05, 0) is 30.3 Å². The van der Waals surface area contributed by atoms with Crippen molar-refractivity contribution < 1.29 is 22.7 Å². The van der Waals surface area contributed by atoms with E-state index in [-0.39, 0.29) is 11.7 Å². The number of aromatic nitrogens is 5. The fourth-order valence-corrected chi connectivity index (χ4v) is 3.40. The molecule has 4 aromatic rings. The molecule has 0 atom stereocenters. The first kappa shape index (κ1) is 20.5. The number of amides is 1. The highest BCUT2D eigenvalue weighted by molar-refractivity contribution is 7.13. The van der Waals surface area contributed by atoms with Gasteiger partial charge in [-0.25, -0.2) is 9.67 Å². The molecule has 0 unspecified atom stereocenters. The molecule has 0 aliphatic heterocycles. The van der Waals surface area contributed by atoms with Crippen LogP contribution < -0.4 is 10.1 Å². The summed E-state index contributed by atoms with van der Waals surface area (Å²) in [5.41, 5.74) is -0.747. The normalized spacial score (nSPS) is 11.4. The van der Waals surface area contributed by atoms with Gasteiger partial charge in [0.1, 0.15) is 5.01 Å². The largest absolute Gasteiger partial charge is 0.480 e. The molecular formula is C19H13F3N6O2S. The van der Waals surface area contributed by atoms with Gasteiger partial charge in [-0.2, -0.15) is 18.3 Å². The maximum atomic E-state index is 13.8. The zero-order chi connectivity index (χ0) is 22.0.